The minimum Gasteiger partial charge on any atom is -0.465 e. The zero-order valence-electron chi connectivity index (χ0n) is 22.8. The van der Waals surface area contributed by atoms with Gasteiger partial charge in [0, 0.05) is 19.6 Å². The van der Waals surface area contributed by atoms with E-state index in [-0.39, 0.29) is 5.97 Å². The first-order chi connectivity index (χ1) is 16.7. The van der Waals surface area contributed by atoms with Gasteiger partial charge in [0.25, 0.3) is 0 Å². The van der Waals surface area contributed by atoms with Gasteiger partial charge < -0.3 is 23.7 Å². The number of rotatable bonds is 28. The van der Waals surface area contributed by atoms with Crippen LogP contribution in [0.1, 0.15) is 111 Å². The number of carbonyl (C=O) groups is 1. The lowest BCUT2D eigenvalue weighted by Gasteiger charge is -2.14. The average Bonchev–Trinajstić information content (AvgIpc) is 2.85. The van der Waals surface area contributed by atoms with Gasteiger partial charge in [0.2, 0.25) is 0 Å². The zero-order valence-corrected chi connectivity index (χ0v) is 22.8. The Hall–Kier alpha value is -0.690. The van der Waals surface area contributed by atoms with Gasteiger partial charge in [-0.25, -0.2) is 0 Å². The lowest BCUT2D eigenvalue weighted by molar-refractivity contribution is -0.145. The van der Waals surface area contributed by atoms with E-state index in [0.717, 1.165) is 25.9 Å². The Morgan fingerprint density at radius 2 is 1.03 bits per heavy atom. The highest BCUT2D eigenvalue weighted by atomic mass is 16.6. The fourth-order valence-electron chi connectivity index (χ4n) is 3.60. The highest BCUT2D eigenvalue weighted by Gasteiger charge is 2.09. The number of hydrogen-bond acceptors (Lipinski definition) is 6. The summed E-state index contributed by atoms with van der Waals surface area (Å²) in [6.07, 6.45) is 16.3. The van der Waals surface area contributed by atoms with E-state index in [4.69, 9.17) is 23.7 Å². The maximum atomic E-state index is 11.8. The molecule has 0 bridgehead atoms. The third-order valence-electron chi connectivity index (χ3n) is 5.95. The molecule has 1 unspecified atom stereocenters. The summed E-state index contributed by atoms with van der Waals surface area (Å²) in [5.74, 6) is 0.377. The molecule has 0 heterocycles. The summed E-state index contributed by atoms with van der Waals surface area (Å²) in [7, 11) is 0. The normalized spacial score (nSPS) is 12.2. The van der Waals surface area contributed by atoms with Crippen molar-refractivity contribution in [1.82, 2.24) is 0 Å². The Bertz CT molecular complexity index is 404. The maximum Gasteiger partial charge on any atom is 0.305 e. The fourth-order valence-corrected chi connectivity index (χ4v) is 3.60. The van der Waals surface area contributed by atoms with Crippen LogP contribution in [0.25, 0.3) is 0 Å². The second-order valence-corrected chi connectivity index (χ2v) is 9.13. The van der Waals surface area contributed by atoms with Crippen LogP contribution < -0.4 is 0 Å². The molecule has 6 nitrogen and oxygen atoms in total. The van der Waals surface area contributed by atoms with Crippen LogP contribution in [0.15, 0.2) is 0 Å². The van der Waals surface area contributed by atoms with Crippen LogP contribution in [-0.4, -0.2) is 65.4 Å². The molecule has 0 aromatic carbocycles. The molecule has 0 amide bonds. The van der Waals surface area contributed by atoms with Gasteiger partial charge in [-0.3, -0.25) is 4.79 Å². The smallest absolute Gasteiger partial charge is 0.305 e. The molecule has 204 valence electrons. The molecule has 0 aromatic heterocycles. The Labute approximate surface area is 210 Å². The van der Waals surface area contributed by atoms with E-state index in [1.54, 1.807) is 0 Å². The van der Waals surface area contributed by atoms with Crippen molar-refractivity contribution in [2.45, 2.75) is 111 Å². The van der Waals surface area contributed by atoms with E-state index in [1.807, 2.05) is 0 Å². The highest BCUT2D eigenvalue weighted by Crippen LogP contribution is 2.13. The molecule has 0 radical (unpaired) electrons. The number of unbranched alkanes of at least 4 members (excludes halogenated alkanes) is 8. The van der Waals surface area contributed by atoms with Crippen LogP contribution in [0.5, 0.6) is 0 Å². The lowest BCUT2D eigenvalue weighted by Crippen LogP contribution is -2.15. The van der Waals surface area contributed by atoms with E-state index in [2.05, 4.69) is 20.8 Å². The number of esters is 1. The van der Waals surface area contributed by atoms with Crippen LogP contribution in [0.4, 0.5) is 0 Å². The van der Waals surface area contributed by atoms with Crippen molar-refractivity contribution >= 4 is 5.97 Å². The second-order valence-electron chi connectivity index (χ2n) is 9.13. The van der Waals surface area contributed by atoms with Crippen LogP contribution >= 0.6 is 0 Å². The first-order valence-corrected chi connectivity index (χ1v) is 14.2. The third-order valence-corrected chi connectivity index (χ3v) is 5.95. The quantitative estimate of drug-likeness (QED) is 0.0898. The van der Waals surface area contributed by atoms with Crippen molar-refractivity contribution in [3.63, 3.8) is 0 Å². The predicted molar refractivity (Wildman–Crippen MR) is 139 cm³/mol. The Balaban J connectivity index is 3.20. The van der Waals surface area contributed by atoms with Gasteiger partial charge in [0.15, 0.2) is 0 Å². The van der Waals surface area contributed by atoms with Crippen molar-refractivity contribution in [1.29, 1.82) is 0 Å². The molecule has 0 aliphatic rings. The Kier molecular flexibility index (Phi) is 28.0. The summed E-state index contributed by atoms with van der Waals surface area (Å²) in [4.78, 5) is 11.8. The molecule has 0 rings (SSSR count). The third kappa shape index (κ3) is 25.9. The zero-order chi connectivity index (χ0) is 25.0. The van der Waals surface area contributed by atoms with Gasteiger partial charge >= 0.3 is 5.97 Å². The minimum absolute atomic E-state index is 0.117. The monoisotopic (exact) mass is 488 g/mol. The lowest BCUT2D eigenvalue weighted by atomic mass is 10.0. The van der Waals surface area contributed by atoms with Gasteiger partial charge in [-0.05, 0) is 25.2 Å². The molecule has 34 heavy (non-hydrogen) atoms. The van der Waals surface area contributed by atoms with Gasteiger partial charge in [-0.15, -0.1) is 0 Å². The number of carbonyl (C=O) groups excluding carboxylic acids is 1. The number of ether oxygens (including phenoxy) is 5. The molecular weight excluding hydrogens is 432 g/mol. The van der Waals surface area contributed by atoms with E-state index >= 15 is 0 Å². The van der Waals surface area contributed by atoms with Crippen LogP contribution in [0.2, 0.25) is 0 Å². The van der Waals surface area contributed by atoms with E-state index in [9.17, 15) is 4.79 Å². The molecule has 0 saturated carbocycles. The predicted octanol–water partition coefficient (Wildman–Crippen LogP) is 6.73. The summed E-state index contributed by atoms with van der Waals surface area (Å²) in [5.41, 5.74) is 0. The Morgan fingerprint density at radius 3 is 1.56 bits per heavy atom. The summed E-state index contributed by atoms with van der Waals surface area (Å²) in [6, 6.07) is 0. The molecule has 0 aromatic rings. The fraction of sp³-hybridized carbons (Fsp3) is 0.964. The first-order valence-electron chi connectivity index (χ1n) is 14.2. The van der Waals surface area contributed by atoms with Crippen molar-refractivity contribution in [3.05, 3.63) is 0 Å². The Morgan fingerprint density at radius 1 is 0.559 bits per heavy atom. The molecule has 0 fully saturated rings. The van der Waals surface area contributed by atoms with Crippen LogP contribution in [-0.2, 0) is 28.5 Å². The number of hydrogen-bond donors (Lipinski definition) is 0. The average molecular weight is 489 g/mol. The molecule has 0 aliphatic heterocycles. The SMILES string of the molecule is CCCCCCCCCCOCCOCCOCCOCCCC(=O)OCC(CC)CCCC. The molecule has 0 saturated heterocycles. The molecule has 6 heteroatoms. The topological polar surface area (TPSA) is 63.2 Å². The van der Waals surface area contributed by atoms with E-state index in [0.29, 0.717) is 71.6 Å². The van der Waals surface area contributed by atoms with Crippen molar-refractivity contribution in [2.24, 2.45) is 5.92 Å². The van der Waals surface area contributed by atoms with Crippen LogP contribution in [0, 0.1) is 5.92 Å². The molecule has 0 spiro atoms. The van der Waals surface area contributed by atoms with Crippen molar-refractivity contribution < 1.29 is 28.5 Å². The van der Waals surface area contributed by atoms with Crippen LogP contribution in [0.3, 0.4) is 0 Å². The largest absolute Gasteiger partial charge is 0.465 e. The standard InChI is InChI=1S/C28H56O6/c1-4-7-9-10-11-12-13-14-18-30-20-22-32-24-25-33-23-21-31-19-15-17-28(29)34-26-27(6-3)16-8-5-2/h27H,4-26H2,1-3H3. The van der Waals surface area contributed by atoms with Gasteiger partial charge in [0.05, 0.1) is 46.2 Å². The van der Waals surface area contributed by atoms with Gasteiger partial charge in [0.1, 0.15) is 0 Å². The minimum atomic E-state index is -0.117. The molecular formula is C28H56O6. The maximum absolute atomic E-state index is 11.8. The second kappa shape index (κ2) is 28.5. The molecule has 1 atom stereocenters. The summed E-state index contributed by atoms with van der Waals surface area (Å²) in [6.45, 7) is 12.0. The summed E-state index contributed by atoms with van der Waals surface area (Å²) >= 11 is 0. The molecule has 0 aliphatic carbocycles. The highest BCUT2D eigenvalue weighted by molar-refractivity contribution is 5.69. The molecule has 0 N–H and O–H groups in total. The van der Waals surface area contributed by atoms with E-state index < -0.39 is 0 Å². The van der Waals surface area contributed by atoms with Crippen molar-refractivity contribution in [2.75, 3.05) is 59.5 Å². The summed E-state index contributed by atoms with van der Waals surface area (Å²) in [5, 5.41) is 0. The van der Waals surface area contributed by atoms with Gasteiger partial charge in [-0.2, -0.15) is 0 Å². The first kappa shape index (κ1) is 33.3. The van der Waals surface area contributed by atoms with Crippen molar-refractivity contribution in [3.8, 4) is 0 Å². The van der Waals surface area contributed by atoms with Gasteiger partial charge in [-0.1, -0.05) is 85.0 Å². The summed E-state index contributed by atoms with van der Waals surface area (Å²) < 4.78 is 27.5. The van der Waals surface area contributed by atoms with E-state index in [1.165, 1.54) is 57.8 Å².